The van der Waals surface area contributed by atoms with Crippen molar-refractivity contribution in [3.8, 4) is 0 Å². The quantitative estimate of drug-likeness (QED) is 0.821. The van der Waals surface area contributed by atoms with Crippen molar-refractivity contribution in [2.24, 2.45) is 5.92 Å². The molecule has 1 saturated carbocycles. The summed E-state index contributed by atoms with van der Waals surface area (Å²) in [4.78, 5) is 21.3. The van der Waals surface area contributed by atoms with Crippen molar-refractivity contribution in [2.45, 2.75) is 70.9 Å². The predicted octanol–water partition coefficient (Wildman–Crippen LogP) is 4.18. The number of carbonyl (C=O) groups is 1. The Labute approximate surface area is 158 Å². The first-order valence-corrected chi connectivity index (χ1v) is 10.3. The summed E-state index contributed by atoms with van der Waals surface area (Å²) in [5, 5.41) is 3.05. The van der Waals surface area contributed by atoms with E-state index in [4.69, 9.17) is 0 Å². The zero-order valence-corrected chi connectivity index (χ0v) is 16.4. The van der Waals surface area contributed by atoms with Gasteiger partial charge < -0.3 is 15.1 Å². The summed E-state index contributed by atoms with van der Waals surface area (Å²) in [6.07, 6.45) is 11.7. The van der Waals surface area contributed by atoms with Crippen molar-refractivity contribution in [1.82, 2.24) is 15.2 Å². The van der Waals surface area contributed by atoms with Gasteiger partial charge in [-0.25, -0.2) is 9.78 Å². The van der Waals surface area contributed by atoms with Gasteiger partial charge in [-0.3, -0.25) is 0 Å². The van der Waals surface area contributed by atoms with Gasteiger partial charge >= 0.3 is 6.03 Å². The van der Waals surface area contributed by atoms with Crippen molar-refractivity contribution in [2.75, 3.05) is 25.0 Å². The minimum absolute atomic E-state index is 0.0333. The van der Waals surface area contributed by atoms with E-state index in [1.54, 1.807) is 0 Å². The topological polar surface area (TPSA) is 48.5 Å². The van der Waals surface area contributed by atoms with Crippen LogP contribution in [0.2, 0.25) is 0 Å². The Hall–Kier alpha value is -1.78. The maximum atomic E-state index is 12.5. The molecule has 1 aliphatic carbocycles. The standard InChI is InChI=1S/C21H34N4O/c1-17-11-13-25(14-12-17)20-10-9-18(15-22-20)16-23-21(26)24(2)19-7-5-3-4-6-8-19/h9-10,15,17,19H,3-8,11-14,16H2,1-2H3,(H,23,26). The van der Waals surface area contributed by atoms with E-state index in [2.05, 4.69) is 34.3 Å². The second kappa shape index (κ2) is 9.24. The van der Waals surface area contributed by atoms with Crippen LogP contribution in [-0.4, -0.2) is 42.1 Å². The molecule has 2 amide bonds. The molecule has 0 atom stereocenters. The molecule has 0 radical (unpaired) electrons. The van der Waals surface area contributed by atoms with Gasteiger partial charge in [-0.1, -0.05) is 38.7 Å². The molecule has 1 N–H and O–H groups in total. The lowest BCUT2D eigenvalue weighted by molar-refractivity contribution is 0.183. The lowest BCUT2D eigenvalue weighted by Gasteiger charge is -2.31. The highest BCUT2D eigenvalue weighted by molar-refractivity contribution is 5.74. The van der Waals surface area contributed by atoms with E-state index >= 15 is 0 Å². The Morgan fingerprint density at radius 3 is 2.46 bits per heavy atom. The Kier molecular flexibility index (Phi) is 6.75. The van der Waals surface area contributed by atoms with Gasteiger partial charge in [0.2, 0.25) is 0 Å². The smallest absolute Gasteiger partial charge is 0.317 e. The van der Waals surface area contributed by atoms with Crippen LogP contribution < -0.4 is 10.2 Å². The van der Waals surface area contributed by atoms with Crippen molar-refractivity contribution >= 4 is 11.8 Å². The third kappa shape index (κ3) is 5.12. The van der Waals surface area contributed by atoms with Gasteiger partial charge in [0.05, 0.1) is 0 Å². The Bertz CT molecular complexity index is 558. The third-order valence-electron chi connectivity index (χ3n) is 6.05. The van der Waals surface area contributed by atoms with Crippen molar-refractivity contribution in [3.63, 3.8) is 0 Å². The van der Waals surface area contributed by atoms with Crippen LogP contribution in [0, 0.1) is 5.92 Å². The number of hydrogen-bond donors (Lipinski definition) is 1. The van der Waals surface area contributed by atoms with E-state index in [9.17, 15) is 4.79 Å². The molecule has 5 nitrogen and oxygen atoms in total. The molecular formula is C21H34N4O. The number of piperidine rings is 1. The molecular weight excluding hydrogens is 324 g/mol. The number of urea groups is 1. The van der Waals surface area contributed by atoms with Crippen LogP contribution in [0.3, 0.4) is 0 Å². The number of amides is 2. The normalized spacial score (nSPS) is 19.8. The number of nitrogens with zero attached hydrogens (tertiary/aromatic N) is 3. The van der Waals surface area contributed by atoms with Crippen molar-refractivity contribution in [1.29, 1.82) is 0 Å². The second-order valence-electron chi connectivity index (χ2n) is 8.11. The summed E-state index contributed by atoms with van der Waals surface area (Å²) < 4.78 is 0. The van der Waals surface area contributed by atoms with Crippen LogP contribution in [0.5, 0.6) is 0 Å². The second-order valence-corrected chi connectivity index (χ2v) is 8.11. The van der Waals surface area contributed by atoms with E-state index < -0.39 is 0 Å². The maximum Gasteiger partial charge on any atom is 0.317 e. The Morgan fingerprint density at radius 2 is 1.85 bits per heavy atom. The largest absolute Gasteiger partial charge is 0.357 e. The lowest BCUT2D eigenvalue weighted by atomic mass is 9.99. The number of aromatic nitrogens is 1. The fraction of sp³-hybridized carbons (Fsp3) is 0.714. The summed E-state index contributed by atoms with van der Waals surface area (Å²) in [6.45, 7) is 5.05. The first-order chi connectivity index (χ1) is 12.6. The van der Waals surface area contributed by atoms with Gasteiger partial charge in [0.1, 0.15) is 5.82 Å². The number of pyridine rings is 1. The minimum Gasteiger partial charge on any atom is -0.357 e. The maximum absolute atomic E-state index is 12.5. The number of carbonyl (C=O) groups excluding carboxylic acids is 1. The fourth-order valence-corrected chi connectivity index (χ4v) is 4.06. The first kappa shape index (κ1) is 19.0. The summed E-state index contributed by atoms with van der Waals surface area (Å²) in [6, 6.07) is 4.60. The van der Waals surface area contributed by atoms with Crippen LogP contribution in [-0.2, 0) is 6.54 Å². The van der Waals surface area contributed by atoms with E-state index in [-0.39, 0.29) is 6.03 Å². The first-order valence-electron chi connectivity index (χ1n) is 10.3. The highest BCUT2D eigenvalue weighted by Gasteiger charge is 2.21. The fourth-order valence-electron chi connectivity index (χ4n) is 4.06. The molecule has 1 aromatic rings. The summed E-state index contributed by atoms with van der Waals surface area (Å²) in [5.74, 6) is 1.88. The summed E-state index contributed by atoms with van der Waals surface area (Å²) in [5.41, 5.74) is 1.06. The average Bonchev–Trinajstić information content (AvgIpc) is 2.96. The molecule has 1 saturated heterocycles. The molecule has 0 aromatic carbocycles. The molecule has 1 aliphatic heterocycles. The molecule has 2 aliphatic rings. The van der Waals surface area contributed by atoms with Crippen LogP contribution in [0.4, 0.5) is 10.6 Å². The zero-order valence-electron chi connectivity index (χ0n) is 16.4. The highest BCUT2D eigenvalue weighted by atomic mass is 16.2. The third-order valence-corrected chi connectivity index (χ3v) is 6.05. The number of anilines is 1. The molecule has 5 heteroatoms. The van der Waals surface area contributed by atoms with Crippen LogP contribution >= 0.6 is 0 Å². The number of rotatable bonds is 4. The van der Waals surface area contributed by atoms with Gasteiger partial charge in [0.25, 0.3) is 0 Å². The van der Waals surface area contributed by atoms with Crippen molar-refractivity contribution in [3.05, 3.63) is 23.9 Å². The molecule has 2 heterocycles. The van der Waals surface area contributed by atoms with Gasteiger partial charge in [0.15, 0.2) is 0 Å². The lowest BCUT2D eigenvalue weighted by Crippen LogP contribution is -2.43. The number of hydrogen-bond acceptors (Lipinski definition) is 3. The van der Waals surface area contributed by atoms with Gasteiger partial charge in [-0.2, -0.15) is 0 Å². The Balaban J connectivity index is 1.47. The molecule has 26 heavy (non-hydrogen) atoms. The van der Waals surface area contributed by atoms with Gasteiger partial charge in [-0.05, 0) is 43.2 Å². The highest BCUT2D eigenvalue weighted by Crippen LogP contribution is 2.22. The van der Waals surface area contributed by atoms with Gasteiger partial charge in [-0.15, -0.1) is 0 Å². The van der Waals surface area contributed by atoms with E-state index in [0.29, 0.717) is 12.6 Å². The summed E-state index contributed by atoms with van der Waals surface area (Å²) >= 11 is 0. The molecule has 2 fully saturated rings. The Morgan fingerprint density at radius 1 is 1.15 bits per heavy atom. The van der Waals surface area contributed by atoms with Crippen LogP contribution in [0.1, 0.15) is 63.9 Å². The van der Waals surface area contributed by atoms with Crippen LogP contribution in [0.25, 0.3) is 0 Å². The molecule has 0 unspecified atom stereocenters. The molecule has 144 valence electrons. The van der Waals surface area contributed by atoms with Crippen molar-refractivity contribution < 1.29 is 4.79 Å². The van der Waals surface area contributed by atoms with E-state index in [1.807, 2.05) is 18.1 Å². The zero-order chi connectivity index (χ0) is 18.4. The predicted molar refractivity (Wildman–Crippen MR) is 106 cm³/mol. The average molecular weight is 359 g/mol. The summed E-state index contributed by atoms with van der Waals surface area (Å²) in [7, 11) is 1.93. The molecule has 1 aromatic heterocycles. The minimum atomic E-state index is 0.0333. The van der Waals surface area contributed by atoms with Gasteiger partial charge in [0, 0.05) is 38.9 Å². The molecule has 0 bridgehead atoms. The van der Waals surface area contributed by atoms with Crippen LogP contribution in [0.15, 0.2) is 18.3 Å². The monoisotopic (exact) mass is 358 g/mol. The molecule has 0 spiro atoms. The van der Waals surface area contributed by atoms with E-state index in [0.717, 1.165) is 43.2 Å². The molecule has 3 rings (SSSR count). The SMILES string of the molecule is CC1CCN(c2ccc(CNC(=O)N(C)C3CCCCCC3)cn2)CC1. The van der Waals surface area contributed by atoms with E-state index in [1.165, 1.54) is 38.5 Å². The number of nitrogens with one attached hydrogen (secondary N) is 1.